The fraction of sp³-hybridized carbons (Fsp3) is 0.316. The Balaban J connectivity index is 1.97. The number of alkyl halides is 2. The standard InChI is InChI=1S/C19H19F2N3O5S/c1-23-11-12(17(26)24-8-4-5-9-24)10-14(18(23)27)22-16(25)13-6-2-3-7-15(13)30(28,29)19(20)21/h2-3,6-7,10-11,19H,4-5,8-9H2,1H3,(H,22,25). The van der Waals surface area contributed by atoms with Gasteiger partial charge in [0, 0.05) is 26.3 Å². The molecule has 1 saturated heterocycles. The van der Waals surface area contributed by atoms with Gasteiger partial charge in [-0.1, -0.05) is 12.1 Å². The van der Waals surface area contributed by atoms with Crippen LogP contribution in [0.1, 0.15) is 33.6 Å². The van der Waals surface area contributed by atoms with Gasteiger partial charge in [0.25, 0.3) is 17.4 Å². The second kappa shape index (κ2) is 8.34. The molecule has 0 radical (unpaired) electrons. The summed E-state index contributed by atoms with van der Waals surface area (Å²) in [5.74, 6) is -5.07. The van der Waals surface area contributed by atoms with Crippen molar-refractivity contribution in [2.45, 2.75) is 23.5 Å². The number of carbonyl (C=O) groups excluding carboxylic acids is 2. The van der Waals surface area contributed by atoms with E-state index in [2.05, 4.69) is 5.32 Å². The number of hydrogen-bond donors (Lipinski definition) is 1. The maximum atomic E-state index is 13.0. The van der Waals surface area contributed by atoms with E-state index in [1.807, 2.05) is 0 Å². The van der Waals surface area contributed by atoms with Crippen LogP contribution in [0.4, 0.5) is 14.5 Å². The molecule has 1 aliphatic rings. The average Bonchev–Trinajstić information content (AvgIpc) is 3.25. The first-order valence-electron chi connectivity index (χ1n) is 9.05. The van der Waals surface area contributed by atoms with Gasteiger partial charge in [-0.25, -0.2) is 8.42 Å². The highest BCUT2D eigenvalue weighted by atomic mass is 32.2. The first kappa shape index (κ1) is 21.6. The second-order valence-electron chi connectivity index (χ2n) is 6.81. The number of benzene rings is 1. The lowest BCUT2D eigenvalue weighted by Gasteiger charge is -2.17. The van der Waals surface area contributed by atoms with Crippen LogP contribution in [-0.4, -0.2) is 48.5 Å². The molecule has 2 amide bonds. The van der Waals surface area contributed by atoms with Gasteiger partial charge in [-0.05, 0) is 31.0 Å². The van der Waals surface area contributed by atoms with E-state index in [9.17, 15) is 31.6 Å². The van der Waals surface area contributed by atoms with Crippen LogP contribution < -0.4 is 10.9 Å². The Morgan fingerprint density at radius 1 is 1.13 bits per heavy atom. The lowest BCUT2D eigenvalue weighted by Crippen LogP contribution is -2.31. The van der Waals surface area contributed by atoms with Crippen molar-refractivity contribution < 1.29 is 26.8 Å². The summed E-state index contributed by atoms with van der Waals surface area (Å²) in [7, 11) is -3.64. The normalized spacial score (nSPS) is 14.2. The van der Waals surface area contributed by atoms with Crippen molar-refractivity contribution in [1.82, 2.24) is 9.47 Å². The van der Waals surface area contributed by atoms with E-state index in [0.717, 1.165) is 29.5 Å². The summed E-state index contributed by atoms with van der Waals surface area (Å²) < 4.78 is 50.8. The minimum absolute atomic E-state index is 0.169. The largest absolute Gasteiger partial charge is 0.341 e. The molecule has 2 aromatic rings. The highest BCUT2D eigenvalue weighted by Crippen LogP contribution is 2.23. The second-order valence-corrected chi connectivity index (χ2v) is 8.70. The van der Waals surface area contributed by atoms with Crippen molar-refractivity contribution in [3.63, 3.8) is 0 Å². The fourth-order valence-electron chi connectivity index (χ4n) is 3.21. The number of halogens is 2. The molecule has 2 heterocycles. The van der Waals surface area contributed by atoms with Gasteiger partial charge in [-0.2, -0.15) is 8.78 Å². The zero-order valence-electron chi connectivity index (χ0n) is 16.0. The molecule has 0 bridgehead atoms. The van der Waals surface area contributed by atoms with E-state index < -0.39 is 37.5 Å². The van der Waals surface area contributed by atoms with Crippen LogP contribution in [0, 0.1) is 0 Å². The van der Waals surface area contributed by atoms with Crippen molar-refractivity contribution >= 4 is 27.3 Å². The Labute approximate surface area is 171 Å². The van der Waals surface area contributed by atoms with Crippen LogP contribution >= 0.6 is 0 Å². The summed E-state index contributed by atoms with van der Waals surface area (Å²) in [4.78, 5) is 38.4. The Morgan fingerprint density at radius 2 is 1.77 bits per heavy atom. The van der Waals surface area contributed by atoms with Crippen LogP contribution in [0.25, 0.3) is 0 Å². The first-order chi connectivity index (χ1) is 14.1. The molecule has 0 spiro atoms. The summed E-state index contributed by atoms with van der Waals surface area (Å²) in [6.07, 6.45) is 3.08. The number of anilines is 1. The molecule has 160 valence electrons. The third-order valence-corrected chi connectivity index (χ3v) is 6.18. The number of pyridine rings is 1. The zero-order chi connectivity index (χ0) is 22.1. The van der Waals surface area contributed by atoms with Crippen LogP contribution in [0.5, 0.6) is 0 Å². The number of aromatic nitrogens is 1. The highest BCUT2D eigenvalue weighted by molar-refractivity contribution is 7.91. The molecule has 1 aliphatic heterocycles. The Hall–Kier alpha value is -3.08. The number of aryl methyl sites for hydroxylation is 1. The SMILES string of the molecule is Cn1cc(C(=O)N2CCCC2)cc(NC(=O)c2ccccc2S(=O)(=O)C(F)F)c1=O. The van der Waals surface area contributed by atoms with Gasteiger partial charge < -0.3 is 14.8 Å². The van der Waals surface area contributed by atoms with Crippen LogP contribution in [0.2, 0.25) is 0 Å². The van der Waals surface area contributed by atoms with Gasteiger partial charge in [-0.3, -0.25) is 14.4 Å². The minimum Gasteiger partial charge on any atom is -0.339 e. The van der Waals surface area contributed by atoms with E-state index in [4.69, 9.17) is 0 Å². The smallest absolute Gasteiger partial charge is 0.339 e. The minimum atomic E-state index is -5.03. The number of sulfone groups is 1. The molecule has 0 saturated carbocycles. The lowest BCUT2D eigenvalue weighted by atomic mass is 10.2. The number of amides is 2. The van der Waals surface area contributed by atoms with Gasteiger partial charge in [0.1, 0.15) is 5.69 Å². The highest BCUT2D eigenvalue weighted by Gasteiger charge is 2.31. The van der Waals surface area contributed by atoms with E-state index in [1.165, 1.54) is 31.4 Å². The van der Waals surface area contributed by atoms with Crippen LogP contribution in [0.3, 0.4) is 0 Å². The number of nitrogens with zero attached hydrogens (tertiary/aromatic N) is 2. The zero-order valence-corrected chi connectivity index (χ0v) is 16.8. The van der Waals surface area contributed by atoms with Crippen LogP contribution in [0.15, 0.2) is 46.2 Å². The summed E-state index contributed by atoms with van der Waals surface area (Å²) in [6, 6.07) is 5.67. The summed E-state index contributed by atoms with van der Waals surface area (Å²) in [6.45, 7) is 1.17. The summed E-state index contributed by atoms with van der Waals surface area (Å²) in [5.41, 5.74) is -1.27. The average molecular weight is 439 g/mol. The molecular formula is C19H19F2N3O5S. The Morgan fingerprint density at radius 3 is 2.40 bits per heavy atom. The third kappa shape index (κ3) is 4.11. The first-order valence-corrected chi connectivity index (χ1v) is 10.6. The Bertz CT molecular complexity index is 1160. The van der Waals surface area contributed by atoms with Crippen LogP contribution in [-0.2, 0) is 16.9 Å². The van der Waals surface area contributed by atoms with E-state index in [1.54, 1.807) is 4.90 Å². The van der Waals surface area contributed by atoms with Crippen molar-refractivity contribution in [2.75, 3.05) is 18.4 Å². The third-order valence-electron chi connectivity index (χ3n) is 4.74. The molecule has 11 heteroatoms. The predicted octanol–water partition coefficient (Wildman–Crippen LogP) is 1.87. The number of likely N-dealkylation sites (tertiary alicyclic amines) is 1. The van der Waals surface area contributed by atoms with Gasteiger partial charge in [0.05, 0.1) is 16.0 Å². The number of hydrogen-bond acceptors (Lipinski definition) is 5. The lowest BCUT2D eigenvalue weighted by molar-refractivity contribution is 0.0791. The molecule has 1 fully saturated rings. The van der Waals surface area contributed by atoms with E-state index >= 15 is 0 Å². The maximum Gasteiger partial charge on any atom is 0.341 e. The van der Waals surface area contributed by atoms with E-state index in [-0.39, 0.29) is 17.2 Å². The molecule has 3 rings (SSSR count). The van der Waals surface area contributed by atoms with Crippen molar-refractivity contribution in [1.29, 1.82) is 0 Å². The molecule has 1 aromatic carbocycles. The molecular weight excluding hydrogens is 420 g/mol. The van der Waals surface area contributed by atoms with Gasteiger partial charge in [0.15, 0.2) is 0 Å². The molecule has 1 N–H and O–H groups in total. The Kier molecular flexibility index (Phi) is 6.01. The number of carbonyl (C=O) groups is 2. The molecule has 0 unspecified atom stereocenters. The van der Waals surface area contributed by atoms with Gasteiger partial charge >= 0.3 is 5.76 Å². The summed E-state index contributed by atoms with van der Waals surface area (Å²) in [5, 5.41) is 2.25. The van der Waals surface area contributed by atoms with Crippen molar-refractivity contribution in [3.8, 4) is 0 Å². The van der Waals surface area contributed by atoms with Gasteiger partial charge in [0.2, 0.25) is 9.84 Å². The molecule has 0 atom stereocenters. The monoisotopic (exact) mass is 439 g/mol. The maximum absolute atomic E-state index is 13.0. The molecule has 30 heavy (non-hydrogen) atoms. The van der Waals surface area contributed by atoms with E-state index in [0.29, 0.717) is 13.1 Å². The fourth-order valence-corrected chi connectivity index (χ4v) is 4.14. The number of nitrogens with one attached hydrogen (secondary N) is 1. The quantitative estimate of drug-likeness (QED) is 0.766. The number of rotatable bonds is 5. The topological polar surface area (TPSA) is 106 Å². The van der Waals surface area contributed by atoms with Crippen molar-refractivity contribution in [2.24, 2.45) is 7.05 Å². The summed E-state index contributed by atoms with van der Waals surface area (Å²) >= 11 is 0. The van der Waals surface area contributed by atoms with Crippen molar-refractivity contribution in [3.05, 3.63) is 58.0 Å². The molecule has 0 aliphatic carbocycles. The predicted molar refractivity (Wildman–Crippen MR) is 104 cm³/mol. The molecule has 8 nitrogen and oxygen atoms in total. The molecule has 1 aromatic heterocycles. The van der Waals surface area contributed by atoms with Gasteiger partial charge in [-0.15, -0.1) is 0 Å².